The molecule has 1 aromatic carbocycles. The van der Waals surface area contributed by atoms with Gasteiger partial charge < -0.3 is 0 Å². The Bertz CT molecular complexity index is 641. The molecule has 2 aromatic rings. The summed E-state index contributed by atoms with van der Waals surface area (Å²) in [5, 5.41) is 2.02. The largest absolute Gasteiger partial charge is 0.250 e. The van der Waals surface area contributed by atoms with E-state index in [1.54, 1.807) is 11.4 Å². The maximum Gasteiger partial charge on any atom is 0.250 e. The number of thiophene rings is 1. The summed E-state index contributed by atoms with van der Waals surface area (Å²) < 4.78 is 39.5. The molecule has 0 saturated heterocycles. The van der Waals surface area contributed by atoms with Crippen molar-refractivity contribution < 1.29 is 12.8 Å². The molecule has 1 aromatic heterocycles. The Hall–Kier alpha value is -0.950. The van der Waals surface area contributed by atoms with Gasteiger partial charge in [0, 0.05) is 17.1 Å². The first-order valence-corrected chi connectivity index (χ1v) is 7.70. The summed E-state index contributed by atoms with van der Waals surface area (Å²) in [6.45, 7) is -0.132. The number of hydrogen-bond donors (Lipinski definition) is 1. The molecule has 7 heteroatoms. The van der Waals surface area contributed by atoms with Crippen LogP contribution in [-0.2, 0) is 16.6 Å². The first kappa shape index (κ1) is 13.5. The maximum absolute atomic E-state index is 13.4. The average Bonchev–Trinajstić information content (AvgIpc) is 2.85. The van der Waals surface area contributed by atoms with Crippen molar-refractivity contribution in [1.82, 2.24) is 4.72 Å². The summed E-state index contributed by atoms with van der Waals surface area (Å²) in [4.78, 5) is 0. The van der Waals surface area contributed by atoms with E-state index in [-0.39, 0.29) is 16.3 Å². The summed E-state index contributed by atoms with van der Waals surface area (Å²) in [5.74, 6) is -0.492. The van der Waals surface area contributed by atoms with Gasteiger partial charge in [-0.2, -0.15) is 0 Å². The average molecular weight is 306 g/mol. The molecule has 0 aliphatic rings. The topological polar surface area (TPSA) is 46.2 Å². The molecule has 0 aliphatic carbocycles. The summed E-state index contributed by atoms with van der Waals surface area (Å²) in [5.41, 5.74) is 0.211. The number of rotatable bonds is 4. The number of halogens is 2. The van der Waals surface area contributed by atoms with Gasteiger partial charge in [-0.25, -0.2) is 17.5 Å². The monoisotopic (exact) mass is 305 g/mol. The first-order chi connectivity index (χ1) is 8.49. The fourth-order valence-corrected chi connectivity index (χ4v) is 3.58. The molecule has 0 aliphatic heterocycles. The van der Waals surface area contributed by atoms with Crippen molar-refractivity contribution in [1.29, 1.82) is 0 Å². The van der Waals surface area contributed by atoms with Gasteiger partial charge in [0.15, 0.2) is 0 Å². The van der Waals surface area contributed by atoms with E-state index in [1.165, 1.54) is 24.3 Å². The molecule has 18 heavy (non-hydrogen) atoms. The summed E-state index contributed by atoms with van der Waals surface area (Å²) >= 11 is 6.83. The van der Waals surface area contributed by atoms with E-state index >= 15 is 0 Å². The second-order valence-electron chi connectivity index (χ2n) is 3.49. The maximum atomic E-state index is 13.4. The van der Waals surface area contributed by atoms with E-state index in [1.807, 2.05) is 0 Å². The molecule has 0 unspecified atom stereocenters. The third kappa shape index (κ3) is 3.08. The molecule has 1 heterocycles. The second-order valence-corrected chi connectivity index (χ2v) is 6.87. The summed E-state index contributed by atoms with van der Waals surface area (Å²) in [7, 11) is -3.59. The van der Waals surface area contributed by atoms with Crippen molar-refractivity contribution in [3.05, 3.63) is 52.1 Å². The zero-order valence-electron chi connectivity index (χ0n) is 9.06. The molecule has 1 N–H and O–H groups in total. The Morgan fingerprint density at radius 1 is 1.33 bits per heavy atom. The van der Waals surface area contributed by atoms with E-state index < -0.39 is 15.8 Å². The Kier molecular flexibility index (Phi) is 4.01. The van der Waals surface area contributed by atoms with Crippen LogP contribution in [0.1, 0.15) is 5.56 Å². The van der Waals surface area contributed by atoms with Crippen LogP contribution in [0.15, 0.2) is 39.9 Å². The van der Waals surface area contributed by atoms with Crippen LogP contribution in [0.3, 0.4) is 0 Å². The van der Waals surface area contributed by atoms with Gasteiger partial charge >= 0.3 is 0 Å². The standard InChI is InChI=1S/C11H9ClFNO2S2/c12-9-3-4-10(13)8(6-9)7-14-18(15,16)11-2-1-5-17-11/h1-6,14H,7H2. The van der Waals surface area contributed by atoms with E-state index in [0.29, 0.717) is 5.02 Å². The number of sulfonamides is 1. The molecule has 0 amide bonds. The van der Waals surface area contributed by atoms with Crippen LogP contribution in [0.4, 0.5) is 4.39 Å². The molecular formula is C11H9ClFNO2S2. The lowest BCUT2D eigenvalue weighted by molar-refractivity contribution is 0.576. The van der Waals surface area contributed by atoms with Crippen LogP contribution in [0.2, 0.25) is 5.02 Å². The number of nitrogens with one attached hydrogen (secondary N) is 1. The van der Waals surface area contributed by atoms with Gasteiger partial charge in [0.1, 0.15) is 10.0 Å². The zero-order chi connectivity index (χ0) is 13.2. The molecule has 0 spiro atoms. The van der Waals surface area contributed by atoms with Crippen molar-refractivity contribution in [2.45, 2.75) is 10.8 Å². The van der Waals surface area contributed by atoms with Gasteiger partial charge in [-0.3, -0.25) is 0 Å². The molecular weight excluding hydrogens is 297 g/mol. The summed E-state index contributed by atoms with van der Waals surface area (Å²) in [6, 6.07) is 7.14. The van der Waals surface area contributed by atoms with E-state index in [2.05, 4.69) is 4.72 Å². The van der Waals surface area contributed by atoms with Gasteiger partial charge in [0.05, 0.1) is 0 Å². The molecule has 2 rings (SSSR count). The minimum atomic E-state index is -3.59. The van der Waals surface area contributed by atoms with Gasteiger partial charge in [0.2, 0.25) is 10.0 Å². The number of benzene rings is 1. The highest BCUT2D eigenvalue weighted by atomic mass is 35.5. The van der Waals surface area contributed by atoms with Crippen LogP contribution in [0.5, 0.6) is 0 Å². The van der Waals surface area contributed by atoms with Crippen LogP contribution in [0.25, 0.3) is 0 Å². The van der Waals surface area contributed by atoms with Crippen LogP contribution in [-0.4, -0.2) is 8.42 Å². The first-order valence-electron chi connectivity index (χ1n) is 4.96. The smallest absolute Gasteiger partial charge is 0.207 e. The van der Waals surface area contributed by atoms with Gasteiger partial charge in [-0.15, -0.1) is 11.3 Å². The van der Waals surface area contributed by atoms with Crippen LogP contribution >= 0.6 is 22.9 Å². The quantitative estimate of drug-likeness (QED) is 0.944. The lowest BCUT2D eigenvalue weighted by atomic mass is 10.2. The van der Waals surface area contributed by atoms with Crippen LogP contribution in [0, 0.1) is 5.82 Å². The molecule has 96 valence electrons. The third-order valence-electron chi connectivity index (χ3n) is 2.22. The lowest BCUT2D eigenvalue weighted by Crippen LogP contribution is -2.22. The molecule has 0 bridgehead atoms. The zero-order valence-corrected chi connectivity index (χ0v) is 11.4. The highest BCUT2D eigenvalue weighted by Gasteiger charge is 2.15. The predicted molar refractivity (Wildman–Crippen MR) is 69.8 cm³/mol. The van der Waals surface area contributed by atoms with Gasteiger partial charge in [-0.05, 0) is 29.6 Å². The van der Waals surface area contributed by atoms with Crippen molar-refractivity contribution in [2.24, 2.45) is 0 Å². The predicted octanol–water partition coefficient (Wildman–Crippen LogP) is 3.02. The summed E-state index contributed by atoms with van der Waals surface area (Å²) in [6.07, 6.45) is 0. The molecule has 0 fully saturated rings. The van der Waals surface area contributed by atoms with Crippen molar-refractivity contribution in [3.63, 3.8) is 0 Å². The van der Waals surface area contributed by atoms with E-state index in [9.17, 15) is 12.8 Å². The third-order valence-corrected chi connectivity index (χ3v) is 5.25. The van der Waals surface area contributed by atoms with E-state index in [0.717, 1.165) is 11.3 Å². The normalized spacial score (nSPS) is 11.7. The van der Waals surface area contributed by atoms with Crippen LogP contribution < -0.4 is 4.72 Å². The Labute approximate surface area is 113 Å². The van der Waals surface area contributed by atoms with Gasteiger partial charge in [-0.1, -0.05) is 17.7 Å². The minimum absolute atomic E-state index is 0.132. The van der Waals surface area contributed by atoms with Crippen molar-refractivity contribution in [3.8, 4) is 0 Å². The van der Waals surface area contributed by atoms with Crippen molar-refractivity contribution >= 4 is 33.0 Å². The highest BCUT2D eigenvalue weighted by Crippen LogP contribution is 2.18. The Morgan fingerprint density at radius 3 is 2.78 bits per heavy atom. The SMILES string of the molecule is O=S(=O)(NCc1cc(Cl)ccc1F)c1cccs1. The highest BCUT2D eigenvalue weighted by molar-refractivity contribution is 7.91. The van der Waals surface area contributed by atoms with E-state index in [4.69, 9.17) is 11.6 Å². The fraction of sp³-hybridized carbons (Fsp3) is 0.0909. The molecule has 0 atom stereocenters. The van der Waals surface area contributed by atoms with Gasteiger partial charge in [0.25, 0.3) is 0 Å². The molecule has 0 saturated carbocycles. The Balaban J connectivity index is 2.15. The molecule has 3 nitrogen and oxygen atoms in total. The second kappa shape index (κ2) is 5.36. The fourth-order valence-electron chi connectivity index (χ4n) is 1.34. The lowest BCUT2D eigenvalue weighted by Gasteiger charge is -2.06. The molecule has 0 radical (unpaired) electrons. The van der Waals surface area contributed by atoms with Crippen molar-refractivity contribution in [2.75, 3.05) is 0 Å². The Morgan fingerprint density at radius 2 is 2.11 bits per heavy atom. The minimum Gasteiger partial charge on any atom is -0.207 e. The number of hydrogen-bond acceptors (Lipinski definition) is 3.